The minimum absolute atomic E-state index is 0.197. The first kappa shape index (κ1) is 15.5. The van der Waals surface area contributed by atoms with Gasteiger partial charge in [0.25, 0.3) is 0 Å². The summed E-state index contributed by atoms with van der Waals surface area (Å²) in [5.74, 6) is 0. The maximum absolute atomic E-state index is 12.3. The van der Waals surface area contributed by atoms with Crippen molar-refractivity contribution in [3.8, 4) is 0 Å². The maximum atomic E-state index is 12.3. The summed E-state index contributed by atoms with van der Waals surface area (Å²) in [7, 11) is -3.58. The fourth-order valence-electron chi connectivity index (χ4n) is 1.57. The summed E-state index contributed by atoms with van der Waals surface area (Å²) >= 11 is 6.51. The second-order valence-corrected chi connectivity index (χ2v) is 7.65. The van der Waals surface area contributed by atoms with Crippen LogP contribution in [-0.2, 0) is 16.6 Å². The molecule has 2 aromatic carbocycles. The Kier molecular flexibility index (Phi) is 4.85. The summed E-state index contributed by atoms with van der Waals surface area (Å²) in [6.07, 6.45) is 0. The van der Waals surface area contributed by atoms with Gasteiger partial charge < -0.3 is 5.73 Å². The lowest BCUT2D eigenvalue weighted by molar-refractivity contribution is 0.581. The average Bonchev–Trinajstić information content (AvgIpc) is 2.41. The number of benzene rings is 2. The molecule has 0 fully saturated rings. The molecule has 0 radical (unpaired) electrons. The molecular weight excluding hydrogens is 408 g/mol. The number of rotatable bonds is 4. The second kappa shape index (κ2) is 6.26. The Morgan fingerprint density at radius 2 is 1.70 bits per heavy atom. The van der Waals surface area contributed by atoms with Crippen molar-refractivity contribution in [3.05, 3.63) is 57.0 Å². The number of nitrogens with two attached hydrogens (primary N) is 1. The summed E-state index contributed by atoms with van der Waals surface area (Å²) in [5.41, 5.74) is 7.07. The fourth-order valence-corrected chi connectivity index (χ4v) is 4.09. The normalized spacial score (nSPS) is 11.5. The molecule has 0 heterocycles. The molecule has 0 bridgehead atoms. The molecule has 0 spiro atoms. The Balaban J connectivity index is 2.19. The maximum Gasteiger partial charge on any atom is 0.242 e. The molecule has 2 aromatic rings. The van der Waals surface area contributed by atoms with Gasteiger partial charge in [-0.05, 0) is 51.8 Å². The minimum Gasteiger partial charge on any atom is -0.399 e. The van der Waals surface area contributed by atoms with Crippen LogP contribution in [0.3, 0.4) is 0 Å². The van der Waals surface area contributed by atoms with Gasteiger partial charge in [0.2, 0.25) is 10.0 Å². The summed E-state index contributed by atoms with van der Waals surface area (Å²) in [5, 5.41) is 0. The summed E-state index contributed by atoms with van der Waals surface area (Å²) in [6.45, 7) is 0.210. The molecule has 0 saturated heterocycles. The van der Waals surface area contributed by atoms with E-state index in [1.54, 1.807) is 42.5 Å². The molecule has 106 valence electrons. The van der Waals surface area contributed by atoms with E-state index in [-0.39, 0.29) is 11.4 Å². The van der Waals surface area contributed by atoms with Crippen LogP contribution in [0, 0.1) is 0 Å². The summed E-state index contributed by atoms with van der Waals surface area (Å²) in [6, 6.07) is 12.0. The largest absolute Gasteiger partial charge is 0.399 e. The molecule has 20 heavy (non-hydrogen) atoms. The Bertz CT molecular complexity index is 716. The lowest BCUT2D eigenvalue weighted by Gasteiger charge is -2.09. The van der Waals surface area contributed by atoms with Crippen molar-refractivity contribution in [2.75, 3.05) is 5.73 Å². The molecule has 0 aromatic heterocycles. The Labute approximate surface area is 134 Å². The van der Waals surface area contributed by atoms with Gasteiger partial charge >= 0.3 is 0 Å². The Hall–Kier alpha value is -0.890. The first-order valence-electron chi connectivity index (χ1n) is 5.67. The second-order valence-electron chi connectivity index (χ2n) is 4.14. The van der Waals surface area contributed by atoms with E-state index in [1.807, 2.05) is 0 Å². The molecule has 3 N–H and O–H groups in total. The highest BCUT2D eigenvalue weighted by molar-refractivity contribution is 9.11. The highest BCUT2D eigenvalue weighted by Crippen LogP contribution is 2.25. The van der Waals surface area contributed by atoms with Crippen molar-refractivity contribution < 1.29 is 8.42 Å². The van der Waals surface area contributed by atoms with Crippen molar-refractivity contribution in [1.29, 1.82) is 0 Å². The van der Waals surface area contributed by atoms with Gasteiger partial charge in [-0.15, -0.1) is 0 Å². The summed E-state index contributed by atoms with van der Waals surface area (Å²) in [4.78, 5) is 0.197. The van der Waals surface area contributed by atoms with E-state index >= 15 is 0 Å². The molecule has 0 unspecified atom stereocenters. The van der Waals surface area contributed by atoms with Gasteiger partial charge in [0.05, 0.1) is 4.90 Å². The number of nitrogen functional groups attached to an aromatic ring is 1. The number of halogens is 2. The third-order valence-electron chi connectivity index (χ3n) is 2.63. The number of anilines is 1. The predicted octanol–water partition coefficient (Wildman–Crippen LogP) is 3.27. The zero-order chi connectivity index (χ0) is 14.8. The van der Waals surface area contributed by atoms with Crippen LogP contribution in [0.1, 0.15) is 5.56 Å². The van der Waals surface area contributed by atoms with Crippen molar-refractivity contribution in [3.63, 3.8) is 0 Å². The van der Waals surface area contributed by atoms with E-state index in [9.17, 15) is 8.42 Å². The number of sulfonamides is 1. The van der Waals surface area contributed by atoms with Crippen LogP contribution in [0.2, 0.25) is 0 Å². The van der Waals surface area contributed by atoms with Crippen LogP contribution < -0.4 is 10.5 Å². The molecule has 0 aliphatic carbocycles. The van der Waals surface area contributed by atoms with Gasteiger partial charge in [0, 0.05) is 21.2 Å². The van der Waals surface area contributed by atoms with E-state index in [2.05, 4.69) is 36.6 Å². The number of hydrogen-bond acceptors (Lipinski definition) is 3. The SMILES string of the molecule is Nc1ccc(CNS(=O)(=O)c2cc(Br)ccc2Br)cc1. The Morgan fingerprint density at radius 3 is 2.35 bits per heavy atom. The lowest BCUT2D eigenvalue weighted by atomic mass is 10.2. The quantitative estimate of drug-likeness (QED) is 0.747. The fraction of sp³-hybridized carbons (Fsp3) is 0.0769. The molecular formula is C13H12Br2N2O2S. The highest BCUT2D eigenvalue weighted by Gasteiger charge is 2.17. The van der Waals surface area contributed by atoms with E-state index in [4.69, 9.17) is 5.73 Å². The number of nitrogens with one attached hydrogen (secondary N) is 1. The first-order chi connectivity index (χ1) is 9.38. The van der Waals surface area contributed by atoms with E-state index in [1.165, 1.54) is 0 Å². The van der Waals surface area contributed by atoms with Crippen LogP contribution in [0.4, 0.5) is 5.69 Å². The molecule has 0 aliphatic rings. The van der Waals surface area contributed by atoms with Gasteiger partial charge in [0.15, 0.2) is 0 Å². The third-order valence-corrected chi connectivity index (χ3v) is 5.52. The highest BCUT2D eigenvalue weighted by atomic mass is 79.9. The molecule has 7 heteroatoms. The molecule has 4 nitrogen and oxygen atoms in total. The van der Waals surface area contributed by atoms with Crippen LogP contribution in [0.5, 0.6) is 0 Å². The van der Waals surface area contributed by atoms with Crippen molar-refractivity contribution >= 4 is 47.6 Å². The summed E-state index contributed by atoms with van der Waals surface area (Å²) < 4.78 is 28.3. The topological polar surface area (TPSA) is 72.2 Å². The van der Waals surface area contributed by atoms with Gasteiger partial charge in [-0.1, -0.05) is 28.1 Å². The standard InChI is InChI=1S/C13H12Br2N2O2S/c14-10-3-6-12(15)13(7-10)20(18,19)17-8-9-1-4-11(16)5-2-9/h1-7,17H,8,16H2. The zero-order valence-corrected chi connectivity index (χ0v) is 14.3. The van der Waals surface area contributed by atoms with E-state index < -0.39 is 10.0 Å². The van der Waals surface area contributed by atoms with E-state index in [0.717, 1.165) is 5.56 Å². The molecule has 0 atom stereocenters. The monoisotopic (exact) mass is 418 g/mol. The van der Waals surface area contributed by atoms with Crippen molar-refractivity contribution in [1.82, 2.24) is 4.72 Å². The molecule has 0 saturated carbocycles. The first-order valence-corrected chi connectivity index (χ1v) is 8.74. The van der Waals surface area contributed by atoms with Gasteiger partial charge in [-0.2, -0.15) is 0 Å². The van der Waals surface area contributed by atoms with Gasteiger partial charge in [-0.25, -0.2) is 13.1 Å². The van der Waals surface area contributed by atoms with Gasteiger partial charge in [-0.3, -0.25) is 0 Å². The molecule has 2 rings (SSSR count). The molecule has 0 aliphatic heterocycles. The predicted molar refractivity (Wildman–Crippen MR) is 86.7 cm³/mol. The minimum atomic E-state index is -3.58. The lowest BCUT2D eigenvalue weighted by Crippen LogP contribution is -2.23. The zero-order valence-electron chi connectivity index (χ0n) is 10.3. The number of hydrogen-bond donors (Lipinski definition) is 2. The van der Waals surface area contributed by atoms with Crippen LogP contribution in [0.25, 0.3) is 0 Å². The van der Waals surface area contributed by atoms with E-state index in [0.29, 0.717) is 14.6 Å². The molecule has 0 amide bonds. The van der Waals surface area contributed by atoms with Gasteiger partial charge in [0.1, 0.15) is 0 Å². The van der Waals surface area contributed by atoms with Crippen LogP contribution in [-0.4, -0.2) is 8.42 Å². The van der Waals surface area contributed by atoms with Crippen molar-refractivity contribution in [2.45, 2.75) is 11.4 Å². The van der Waals surface area contributed by atoms with Crippen LogP contribution in [0.15, 0.2) is 56.3 Å². The smallest absolute Gasteiger partial charge is 0.242 e. The average molecular weight is 420 g/mol. The van der Waals surface area contributed by atoms with Crippen LogP contribution >= 0.6 is 31.9 Å². The van der Waals surface area contributed by atoms with Crippen molar-refractivity contribution in [2.24, 2.45) is 0 Å². The third kappa shape index (κ3) is 3.82. The Morgan fingerprint density at radius 1 is 1.05 bits per heavy atom.